The van der Waals surface area contributed by atoms with Gasteiger partial charge in [-0.1, -0.05) is 0 Å². The van der Waals surface area contributed by atoms with Crippen LogP contribution >= 0.6 is 0 Å². The summed E-state index contributed by atoms with van der Waals surface area (Å²) in [6, 6.07) is 4.67. The number of imidazole rings is 1. The van der Waals surface area contributed by atoms with E-state index in [2.05, 4.69) is 14.5 Å². The van der Waals surface area contributed by atoms with E-state index >= 15 is 0 Å². The number of hydrogen-bond donors (Lipinski definition) is 1. The average molecular weight is 200 g/mol. The molecular weight excluding hydrogens is 188 g/mol. The van der Waals surface area contributed by atoms with Gasteiger partial charge in [-0.05, 0) is 18.6 Å². The molecule has 2 aromatic heterocycles. The largest absolute Gasteiger partial charge is 0.326 e. The van der Waals surface area contributed by atoms with E-state index in [4.69, 9.17) is 5.73 Å². The van der Waals surface area contributed by atoms with Crippen molar-refractivity contribution in [2.45, 2.75) is 18.5 Å². The molecule has 0 saturated heterocycles. The summed E-state index contributed by atoms with van der Waals surface area (Å²) in [6.45, 7) is 0. The summed E-state index contributed by atoms with van der Waals surface area (Å²) in [5.41, 5.74) is 8.03. The third-order valence-electron chi connectivity index (χ3n) is 2.79. The predicted octanol–water partition coefficient (Wildman–Crippen LogP) is 1.22. The van der Waals surface area contributed by atoms with Gasteiger partial charge in [0.25, 0.3) is 0 Å². The molecule has 2 N–H and O–H groups in total. The Bertz CT molecular complexity index is 462. The first-order valence-corrected chi connectivity index (χ1v) is 5.04. The molecule has 2 atom stereocenters. The van der Waals surface area contributed by atoms with Crippen molar-refractivity contribution in [3.05, 3.63) is 37.1 Å². The molecule has 1 fully saturated rings. The fourth-order valence-electron chi connectivity index (χ4n) is 1.83. The highest BCUT2D eigenvalue weighted by Gasteiger charge is 2.36. The maximum absolute atomic E-state index is 5.84. The first kappa shape index (κ1) is 8.61. The Kier molecular flexibility index (Phi) is 1.82. The number of nitrogens with two attached hydrogens (primary N) is 1. The first-order valence-electron chi connectivity index (χ1n) is 5.04. The highest BCUT2D eigenvalue weighted by molar-refractivity contribution is 5.57. The van der Waals surface area contributed by atoms with E-state index in [1.165, 1.54) is 0 Å². The number of pyridine rings is 1. The summed E-state index contributed by atoms with van der Waals surface area (Å²) in [7, 11) is 0. The molecule has 0 aromatic carbocycles. The molecule has 0 radical (unpaired) electrons. The maximum Gasteiger partial charge on any atom is 0.0954 e. The monoisotopic (exact) mass is 200 g/mol. The van der Waals surface area contributed by atoms with Crippen LogP contribution in [-0.2, 0) is 0 Å². The lowest BCUT2D eigenvalue weighted by Gasteiger charge is -2.06. The molecule has 1 aliphatic rings. The van der Waals surface area contributed by atoms with Crippen LogP contribution in [-0.4, -0.2) is 20.6 Å². The summed E-state index contributed by atoms with van der Waals surface area (Å²) in [5.74, 6) is 0. The molecule has 1 aliphatic carbocycles. The lowest BCUT2D eigenvalue weighted by molar-refractivity contribution is 0.718. The Morgan fingerprint density at radius 2 is 2.20 bits per heavy atom. The Balaban J connectivity index is 2.02. The van der Waals surface area contributed by atoms with Crippen LogP contribution in [0, 0.1) is 0 Å². The van der Waals surface area contributed by atoms with Crippen molar-refractivity contribution in [3.8, 4) is 11.3 Å². The summed E-state index contributed by atoms with van der Waals surface area (Å²) in [6.07, 6.45) is 8.38. The Hall–Kier alpha value is -1.68. The van der Waals surface area contributed by atoms with Crippen molar-refractivity contribution < 1.29 is 0 Å². The molecule has 4 heteroatoms. The zero-order valence-electron chi connectivity index (χ0n) is 8.24. The van der Waals surface area contributed by atoms with Crippen LogP contribution in [0.15, 0.2) is 37.1 Å². The van der Waals surface area contributed by atoms with Gasteiger partial charge in [0, 0.05) is 24.0 Å². The average Bonchev–Trinajstić information content (AvgIpc) is 2.82. The number of aromatic nitrogens is 3. The maximum atomic E-state index is 5.84. The highest BCUT2D eigenvalue weighted by Crippen LogP contribution is 2.36. The van der Waals surface area contributed by atoms with E-state index in [0.717, 1.165) is 17.7 Å². The highest BCUT2D eigenvalue weighted by atomic mass is 15.1. The molecule has 1 saturated carbocycles. The summed E-state index contributed by atoms with van der Waals surface area (Å²) in [4.78, 5) is 8.28. The number of hydrogen-bond acceptors (Lipinski definition) is 3. The van der Waals surface area contributed by atoms with Crippen LogP contribution in [0.1, 0.15) is 12.5 Å². The second-order valence-electron chi connectivity index (χ2n) is 3.89. The van der Waals surface area contributed by atoms with Gasteiger partial charge in [0.15, 0.2) is 0 Å². The Morgan fingerprint density at radius 1 is 1.33 bits per heavy atom. The summed E-state index contributed by atoms with van der Waals surface area (Å²) >= 11 is 0. The van der Waals surface area contributed by atoms with Gasteiger partial charge in [0.2, 0.25) is 0 Å². The summed E-state index contributed by atoms with van der Waals surface area (Å²) < 4.78 is 2.14. The normalized spacial score (nSPS) is 24.1. The van der Waals surface area contributed by atoms with Crippen LogP contribution in [0.25, 0.3) is 11.3 Å². The van der Waals surface area contributed by atoms with Gasteiger partial charge in [-0.2, -0.15) is 0 Å². The lowest BCUT2D eigenvalue weighted by Crippen LogP contribution is -2.06. The number of rotatable bonds is 2. The molecule has 2 unspecified atom stereocenters. The SMILES string of the molecule is NC1CC1n1cncc1-c1cccnc1. The topological polar surface area (TPSA) is 56.7 Å². The Labute approximate surface area is 87.8 Å². The van der Waals surface area contributed by atoms with Crippen LogP contribution in [0.2, 0.25) is 0 Å². The zero-order valence-corrected chi connectivity index (χ0v) is 8.24. The van der Waals surface area contributed by atoms with E-state index in [-0.39, 0.29) is 6.04 Å². The molecule has 0 bridgehead atoms. The van der Waals surface area contributed by atoms with Crippen LogP contribution < -0.4 is 5.73 Å². The van der Waals surface area contributed by atoms with Crippen molar-refractivity contribution >= 4 is 0 Å². The minimum Gasteiger partial charge on any atom is -0.326 e. The van der Waals surface area contributed by atoms with Gasteiger partial charge in [0.05, 0.1) is 24.3 Å². The van der Waals surface area contributed by atoms with E-state index in [9.17, 15) is 0 Å². The second-order valence-corrected chi connectivity index (χ2v) is 3.89. The van der Waals surface area contributed by atoms with Crippen molar-refractivity contribution in [2.24, 2.45) is 5.73 Å². The zero-order chi connectivity index (χ0) is 10.3. The molecule has 76 valence electrons. The van der Waals surface area contributed by atoms with Gasteiger partial charge in [-0.15, -0.1) is 0 Å². The third kappa shape index (κ3) is 1.43. The quantitative estimate of drug-likeness (QED) is 0.792. The van der Waals surface area contributed by atoms with Gasteiger partial charge >= 0.3 is 0 Å². The number of nitrogens with zero attached hydrogens (tertiary/aromatic N) is 3. The van der Waals surface area contributed by atoms with E-state index < -0.39 is 0 Å². The standard InChI is InChI=1S/C11H12N4/c12-9-4-10(9)15-7-14-6-11(15)8-2-1-3-13-5-8/h1-3,5-7,9-10H,4,12H2. The lowest BCUT2D eigenvalue weighted by atomic mass is 10.2. The van der Waals surface area contributed by atoms with E-state index in [0.29, 0.717) is 6.04 Å². The summed E-state index contributed by atoms with van der Waals surface area (Å²) in [5, 5.41) is 0. The molecule has 0 aliphatic heterocycles. The van der Waals surface area contributed by atoms with E-state index in [1.54, 1.807) is 6.20 Å². The van der Waals surface area contributed by atoms with Gasteiger partial charge in [-0.25, -0.2) is 4.98 Å². The fraction of sp³-hybridized carbons (Fsp3) is 0.273. The predicted molar refractivity (Wildman–Crippen MR) is 57.1 cm³/mol. The minimum atomic E-state index is 0.287. The van der Waals surface area contributed by atoms with Crippen molar-refractivity contribution in [3.63, 3.8) is 0 Å². The van der Waals surface area contributed by atoms with Crippen molar-refractivity contribution in [2.75, 3.05) is 0 Å². The second kappa shape index (κ2) is 3.17. The van der Waals surface area contributed by atoms with Gasteiger partial charge in [-0.3, -0.25) is 4.98 Å². The van der Waals surface area contributed by atoms with Crippen molar-refractivity contribution in [1.82, 2.24) is 14.5 Å². The molecule has 15 heavy (non-hydrogen) atoms. The molecule has 3 rings (SSSR count). The first-order chi connectivity index (χ1) is 7.36. The molecule has 2 heterocycles. The fourth-order valence-corrected chi connectivity index (χ4v) is 1.83. The third-order valence-corrected chi connectivity index (χ3v) is 2.79. The molecule has 0 spiro atoms. The molecular formula is C11H12N4. The van der Waals surface area contributed by atoms with Crippen LogP contribution in [0.4, 0.5) is 0 Å². The Morgan fingerprint density at radius 3 is 2.87 bits per heavy atom. The van der Waals surface area contributed by atoms with Crippen LogP contribution in [0.5, 0.6) is 0 Å². The van der Waals surface area contributed by atoms with Gasteiger partial charge < -0.3 is 10.3 Å². The minimum absolute atomic E-state index is 0.287. The van der Waals surface area contributed by atoms with Crippen molar-refractivity contribution in [1.29, 1.82) is 0 Å². The van der Waals surface area contributed by atoms with Gasteiger partial charge in [0.1, 0.15) is 0 Å². The van der Waals surface area contributed by atoms with Crippen LogP contribution in [0.3, 0.4) is 0 Å². The van der Waals surface area contributed by atoms with E-state index in [1.807, 2.05) is 30.9 Å². The smallest absolute Gasteiger partial charge is 0.0954 e. The molecule has 4 nitrogen and oxygen atoms in total. The molecule has 0 amide bonds. The molecule has 2 aromatic rings.